The molecule has 1 rings (SSSR count). The van der Waals surface area contributed by atoms with Crippen LogP contribution in [0, 0.1) is 0 Å². The van der Waals surface area contributed by atoms with Gasteiger partial charge in [0.2, 0.25) is 10.0 Å². The van der Waals surface area contributed by atoms with Gasteiger partial charge >= 0.3 is 0 Å². The average Bonchev–Trinajstić information content (AvgIpc) is 1.85. The second kappa shape index (κ2) is 4.20. The minimum absolute atomic E-state index is 0. The molecule has 0 saturated carbocycles. The Bertz CT molecular complexity index is 321. The monoisotopic (exact) mass is 188 g/mol. The topological polar surface area (TPSA) is 95.2 Å². The first-order valence-electron chi connectivity index (χ1n) is 3.12. The maximum atomic E-state index is 10.6. The summed E-state index contributed by atoms with van der Waals surface area (Å²) in [5, 5.41) is 4.84. The van der Waals surface area contributed by atoms with Crippen molar-refractivity contribution in [2.75, 3.05) is 0 Å². The van der Waals surface area contributed by atoms with Gasteiger partial charge in [-0.15, -0.1) is 0 Å². The van der Waals surface area contributed by atoms with E-state index in [9.17, 15) is 8.42 Å². The highest BCUT2D eigenvalue weighted by atomic mass is 32.2. The van der Waals surface area contributed by atoms with Crippen LogP contribution < -0.4 is 11.3 Å². The van der Waals surface area contributed by atoms with Gasteiger partial charge in [-0.3, -0.25) is 0 Å². The molecule has 0 atom stereocenters. The van der Waals surface area contributed by atoms with Crippen LogP contribution in [0.2, 0.25) is 0 Å². The second-order valence-electron chi connectivity index (χ2n) is 2.29. The Morgan fingerprint density at radius 2 is 1.67 bits per heavy atom. The maximum absolute atomic E-state index is 10.6. The van der Waals surface area contributed by atoms with Gasteiger partial charge in [-0.2, -0.15) is 0 Å². The van der Waals surface area contributed by atoms with Crippen LogP contribution in [-0.2, 0) is 15.8 Å². The summed E-state index contributed by atoms with van der Waals surface area (Å²) in [6.45, 7) is 0. The van der Waals surface area contributed by atoms with Crippen LogP contribution in [0.25, 0.3) is 0 Å². The molecule has 0 aromatic heterocycles. The summed E-state index contributed by atoms with van der Waals surface area (Å²) in [6, 6.07) is 8.84. The van der Waals surface area contributed by atoms with Gasteiger partial charge in [0.05, 0.1) is 5.75 Å². The number of nitrogens with two attached hydrogens (primary N) is 1. The maximum Gasteiger partial charge on any atom is 0.213 e. The smallest absolute Gasteiger partial charge is 0.213 e. The largest absolute Gasteiger partial charge is 0.344 e. The molecule has 12 heavy (non-hydrogen) atoms. The third kappa shape index (κ3) is 4.07. The molecule has 5 N–H and O–H groups in total. The van der Waals surface area contributed by atoms with E-state index in [0.717, 1.165) is 5.56 Å². The van der Waals surface area contributed by atoms with Crippen molar-refractivity contribution in [1.82, 2.24) is 6.15 Å². The number of rotatable bonds is 2. The van der Waals surface area contributed by atoms with Gasteiger partial charge < -0.3 is 6.15 Å². The molecular formula is C7H12N2O2S. The molecular weight excluding hydrogens is 176 g/mol. The van der Waals surface area contributed by atoms with E-state index in [4.69, 9.17) is 5.14 Å². The number of sulfonamides is 1. The molecule has 0 unspecified atom stereocenters. The SMILES string of the molecule is N.NS(=O)(=O)Cc1ccccc1. The first-order valence-corrected chi connectivity index (χ1v) is 4.84. The third-order valence-corrected chi connectivity index (χ3v) is 1.95. The van der Waals surface area contributed by atoms with E-state index >= 15 is 0 Å². The zero-order valence-corrected chi connectivity index (χ0v) is 7.42. The second-order valence-corrected chi connectivity index (χ2v) is 3.91. The Hall–Kier alpha value is -0.910. The molecule has 0 heterocycles. The van der Waals surface area contributed by atoms with Gasteiger partial charge in [0, 0.05) is 0 Å². The minimum Gasteiger partial charge on any atom is -0.344 e. The number of benzene rings is 1. The Labute approximate surface area is 72.0 Å². The number of hydrogen-bond acceptors (Lipinski definition) is 3. The summed E-state index contributed by atoms with van der Waals surface area (Å²) in [4.78, 5) is 0. The van der Waals surface area contributed by atoms with Gasteiger partial charge in [0.1, 0.15) is 0 Å². The van der Waals surface area contributed by atoms with Crippen molar-refractivity contribution in [2.45, 2.75) is 5.75 Å². The molecule has 68 valence electrons. The van der Waals surface area contributed by atoms with Crippen molar-refractivity contribution in [2.24, 2.45) is 5.14 Å². The molecule has 0 spiro atoms. The number of hydrogen-bond donors (Lipinski definition) is 2. The van der Waals surface area contributed by atoms with E-state index < -0.39 is 10.0 Å². The van der Waals surface area contributed by atoms with E-state index in [1.54, 1.807) is 24.3 Å². The molecule has 0 fully saturated rings. The lowest BCUT2D eigenvalue weighted by atomic mass is 10.2. The van der Waals surface area contributed by atoms with Crippen LogP contribution in [0.15, 0.2) is 30.3 Å². The molecule has 0 aliphatic rings. The molecule has 0 radical (unpaired) electrons. The lowest BCUT2D eigenvalue weighted by Gasteiger charge is -1.96. The zero-order valence-electron chi connectivity index (χ0n) is 6.60. The zero-order chi connectivity index (χ0) is 8.32. The van der Waals surface area contributed by atoms with Gasteiger partial charge in [-0.1, -0.05) is 30.3 Å². The lowest BCUT2D eigenvalue weighted by Crippen LogP contribution is -2.14. The van der Waals surface area contributed by atoms with Crippen LogP contribution in [0.4, 0.5) is 0 Å². The Balaban J connectivity index is 0.00000121. The van der Waals surface area contributed by atoms with Gasteiger partial charge in [-0.25, -0.2) is 13.6 Å². The van der Waals surface area contributed by atoms with Crippen molar-refractivity contribution in [3.63, 3.8) is 0 Å². The Morgan fingerprint density at radius 3 is 2.08 bits per heavy atom. The van der Waals surface area contributed by atoms with E-state index in [1.165, 1.54) is 0 Å². The quantitative estimate of drug-likeness (QED) is 0.712. The average molecular weight is 188 g/mol. The van der Waals surface area contributed by atoms with E-state index in [1.807, 2.05) is 6.07 Å². The van der Waals surface area contributed by atoms with Crippen LogP contribution in [0.3, 0.4) is 0 Å². The Kier molecular flexibility index (Phi) is 3.88. The van der Waals surface area contributed by atoms with Crippen LogP contribution in [-0.4, -0.2) is 8.42 Å². The third-order valence-electron chi connectivity index (χ3n) is 1.21. The fourth-order valence-electron chi connectivity index (χ4n) is 0.807. The van der Waals surface area contributed by atoms with E-state index in [-0.39, 0.29) is 11.9 Å². The van der Waals surface area contributed by atoms with Crippen molar-refractivity contribution in [1.29, 1.82) is 0 Å². The van der Waals surface area contributed by atoms with Gasteiger partial charge in [0.15, 0.2) is 0 Å². The van der Waals surface area contributed by atoms with Gasteiger partial charge in [-0.05, 0) is 5.56 Å². The van der Waals surface area contributed by atoms with Crippen molar-refractivity contribution in [3.8, 4) is 0 Å². The van der Waals surface area contributed by atoms with Crippen LogP contribution >= 0.6 is 0 Å². The summed E-state index contributed by atoms with van der Waals surface area (Å²) >= 11 is 0. The molecule has 4 nitrogen and oxygen atoms in total. The lowest BCUT2D eigenvalue weighted by molar-refractivity contribution is 0.597. The summed E-state index contributed by atoms with van der Waals surface area (Å²) in [5.41, 5.74) is 0.718. The predicted molar refractivity (Wildman–Crippen MR) is 48.3 cm³/mol. The highest BCUT2D eigenvalue weighted by molar-refractivity contribution is 7.88. The minimum atomic E-state index is -3.38. The fraction of sp³-hybridized carbons (Fsp3) is 0.143. The molecule has 0 amide bonds. The predicted octanol–water partition coefficient (Wildman–Crippen LogP) is 0.637. The fourth-order valence-corrected chi connectivity index (χ4v) is 1.46. The summed E-state index contributed by atoms with van der Waals surface area (Å²) in [7, 11) is -3.38. The van der Waals surface area contributed by atoms with Crippen molar-refractivity contribution < 1.29 is 8.42 Å². The molecule has 1 aromatic rings. The van der Waals surface area contributed by atoms with E-state index in [2.05, 4.69) is 0 Å². The standard InChI is InChI=1S/C7H9NO2S.H3N/c8-11(9,10)6-7-4-2-1-3-5-7;/h1-5H,6H2,(H2,8,9,10);1H3. The molecule has 0 aliphatic carbocycles. The summed E-state index contributed by atoms with van der Waals surface area (Å²) in [6.07, 6.45) is 0. The highest BCUT2D eigenvalue weighted by Gasteiger charge is 2.02. The normalized spacial score (nSPS) is 10.4. The van der Waals surface area contributed by atoms with Crippen LogP contribution in [0.1, 0.15) is 5.56 Å². The highest BCUT2D eigenvalue weighted by Crippen LogP contribution is 2.01. The van der Waals surface area contributed by atoms with E-state index in [0.29, 0.717) is 0 Å². The molecule has 1 aromatic carbocycles. The molecule has 0 saturated heterocycles. The van der Waals surface area contributed by atoms with Crippen molar-refractivity contribution in [3.05, 3.63) is 35.9 Å². The Morgan fingerprint density at radius 1 is 1.17 bits per heavy atom. The molecule has 5 heteroatoms. The summed E-state index contributed by atoms with van der Waals surface area (Å²) < 4.78 is 21.2. The van der Waals surface area contributed by atoms with Gasteiger partial charge in [0.25, 0.3) is 0 Å². The first kappa shape index (κ1) is 11.1. The van der Waals surface area contributed by atoms with Crippen molar-refractivity contribution >= 4 is 10.0 Å². The first-order chi connectivity index (χ1) is 5.08. The molecule has 0 bridgehead atoms. The van der Waals surface area contributed by atoms with Crippen LogP contribution in [0.5, 0.6) is 0 Å². The molecule has 0 aliphatic heterocycles. The summed E-state index contributed by atoms with van der Waals surface area (Å²) in [5.74, 6) is -0.0894. The number of primary sulfonamides is 1.